The van der Waals surface area contributed by atoms with Crippen LogP contribution in [0.25, 0.3) is 0 Å². The third-order valence-corrected chi connectivity index (χ3v) is 6.38. The van der Waals surface area contributed by atoms with Gasteiger partial charge in [-0.2, -0.15) is 5.26 Å². The maximum atomic E-state index is 14.2. The number of nitrogens with one attached hydrogen (secondary N) is 3. The second-order valence-corrected chi connectivity index (χ2v) is 9.23. The van der Waals surface area contributed by atoms with Gasteiger partial charge in [0, 0.05) is 42.6 Å². The van der Waals surface area contributed by atoms with Crippen LogP contribution < -0.4 is 16.0 Å². The number of hydrogen-bond acceptors (Lipinski definition) is 5. The summed E-state index contributed by atoms with van der Waals surface area (Å²) in [5.74, 6) is -5.09. The maximum Gasteiger partial charge on any atom is 0.252 e. The van der Waals surface area contributed by atoms with Crippen molar-refractivity contribution in [1.82, 2.24) is 15.5 Å². The van der Waals surface area contributed by atoms with Crippen molar-refractivity contribution in [1.29, 1.82) is 5.26 Å². The molecule has 11 heteroatoms. The Hall–Kier alpha value is -2.93. The minimum atomic E-state index is -3.12. The summed E-state index contributed by atoms with van der Waals surface area (Å²) in [4.78, 5) is 39.2. The van der Waals surface area contributed by atoms with Crippen LogP contribution in [0.15, 0.2) is 24.3 Å². The number of carbonyl (C=O) groups is 3. The van der Waals surface area contributed by atoms with E-state index in [1.165, 1.54) is 0 Å². The van der Waals surface area contributed by atoms with Gasteiger partial charge < -0.3 is 20.9 Å². The van der Waals surface area contributed by atoms with Crippen LogP contribution in [0.2, 0.25) is 5.02 Å². The number of piperidine rings is 2. The fraction of sp³-hybridized carbons (Fsp3) is 0.565. The van der Waals surface area contributed by atoms with Gasteiger partial charge in [-0.3, -0.25) is 14.4 Å². The molecule has 0 unspecified atom stereocenters. The van der Waals surface area contributed by atoms with E-state index in [0.29, 0.717) is 23.7 Å². The molecule has 0 aromatic heterocycles. The zero-order valence-corrected chi connectivity index (χ0v) is 19.6. The average molecular weight is 496 g/mol. The molecule has 1 aromatic rings. The molecular weight excluding hydrogens is 468 g/mol. The zero-order valence-electron chi connectivity index (χ0n) is 18.8. The van der Waals surface area contributed by atoms with Crippen LogP contribution in [-0.4, -0.2) is 59.8 Å². The molecule has 0 bridgehead atoms. The van der Waals surface area contributed by atoms with Crippen molar-refractivity contribution in [2.24, 2.45) is 5.92 Å². The van der Waals surface area contributed by atoms with Crippen LogP contribution in [0.4, 0.5) is 14.5 Å². The summed E-state index contributed by atoms with van der Waals surface area (Å²) in [7, 11) is 0. The summed E-state index contributed by atoms with van der Waals surface area (Å²) in [5.41, 5.74) is 0.576. The van der Waals surface area contributed by atoms with Crippen LogP contribution in [0.1, 0.15) is 39.0 Å². The number of carbonyl (C=O) groups excluding carboxylic acids is 3. The first kappa shape index (κ1) is 25.7. The highest BCUT2D eigenvalue weighted by atomic mass is 35.5. The molecule has 2 aliphatic heterocycles. The third-order valence-electron chi connectivity index (χ3n) is 6.14. The molecule has 3 rings (SSSR count). The molecule has 3 amide bonds. The van der Waals surface area contributed by atoms with Crippen LogP contribution in [-0.2, 0) is 14.4 Å². The molecular formula is C23H28ClF2N5O3. The zero-order chi connectivity index (χ0) is 24.9. The normalized spacial score (nSPS) is 23.7. The van der Waals surface area contributed by atoms with E-state index >= 15 is 0 Å². The number of benzene rings is 1. The highest BCUT2D eigenvalue weighted by Gasteiger charge is 2.46. The van der Waals surface area contributed by atoms with Crippen LogP contribution in [0.3, 0.4) is 0 Å². The molecule has 0 spiro atoms. The van der Waals surface area contributed by atoms with Crippen molar-refractivity contribution in [2.75, 3.05) is 18.4 Å². The fourth-order valence-corrected chi connectivity index (χ4v) is 4.52. The Morgan fingerprint density at radius 2 is 2.18 bits per heavy atom. The first-order chi connectivity index (χ1) is 16.1. The standard InChI is InChI=1S/C23H28ClF2N5O3/c1-14(29-17-6-2-5-16(24)11-17)22(34)31-9-7-23(25,26)12-19(31)21(33)30-18(13-27)10-15-4-3-8-28-20(15)32/h2,5-6,11,14-15,18-19,29H,3-4,7-10,12H2,1H3,(H,28,32)(H,30,33)/t14-,15+,18+,19+/m1/s1. The van der Waals surface area contributed by atoms with E-state index in [4.69, 9.17) is 11.6 Å². The lowest BCUT2D eigenvalue weighted by molar-refractivity contribution is -0.153. The van der Waals surface area contributed by atoms with Crippen molar-refractivity contribution in [3.05, 3.63) is 29.3 Å². The molecule has 4 atom stereocenters. The Morgan fingerprint density at radius 1 is 1.41 bits per heavy atom. The van der Waals surface area contributed by atoms with E-state index in [0.717, 1.165) is 11.3 Å². The second-order valence-electron chi connectivity index (χ2n) is 8.79. The largest absolute Gasteiger partial charge is 0.374 e. The van der Waals surface area contributed by atoms with E-state index in [2.05, 4.69) is 16.0 Å². The SMILES string of the molecule is C[C@@H](Nc1cccc(Cl)c1)C(=O)N1CCC(F)(F)C[C@H]1C(=O)N[C@H](C#N)C[C@@H]1CCCNC1=O. The van der Waals surface area contributed by atoms with Crippen molar-refractivity contribution >= 4 is 35.0 Å². The molecule has 0 radical (unpaired) electrons. The highest BCUT2D eigenvalue weighted by molar-refractivity contribution is 6.30. The topological polar surface area (TPSA) is 114 Å². The van der Waals surface area contributed by atoms with Gasteiger partial charge >= 0.3 is 0 Å². The van der Waals surface area contributed by atoms with Gasteiger partial charge in [-0.05, 0) is 44.4 Å². The Balaban J connectivity index is 1.70. The molecule has 2 saturated heterocycles. The summed E-state index contributed by atoms with van der Waals surface area (Å²) in [5, 5.41) is 18.1. The summed E-state index contributed by atoms with van der Waals surface area (Å²) in [6.07, 6.45) is 0.0283. The highest BCUT2D eigenvalue weighted by Crippen LogP contribution is 2.33. The third kappa shape index (κ3) is 6.56. The van der Waals surface area contributed by atoms with Crippen LogP contribution in [0, 0.1) is 17.2 Å². The van der Waals surface area contributed by atoms with Crippen LogP contribution >= 0.6 is 11.6 Å². The van der Waals surface area contributed by atoms with Gasteiger partial charge in [0.25, 0.3) is 5.92 Å². The van der Waals surface area contributed by atoms with Crippen molar-refractivity contribution < 1.29 is 23.2 Å². The molecule has 2 heterocycles. The Bertz CT molecular complexity index is 970. The van der Waals surface area contributed by atoms with Gasteiger partial charge in [0.05, 0.1) is 6.07 Å². The number of amides is 3. The van der Waals surface area contributed by atoms with Gasteiger partial charge in [0.15, 0.2) is 0 Å². The number of alkyl halides is 2. The predicted molar refractivity (Wildman–Crippen MR) is 122 cm³/mol. The summed E-state index contributed by atoms with van der Waals surface area (Å²) < 4.78 is 28.4. The summed E-state index contributed by atoms with van der Waals surface area (Å²) >= 11 is 5.97. The predicted octanol–water partition coefficient (Wildman–Crippen LogP) is 2.69. The average Bonchev–Trinajstić information content (AvgIpc) is 2.79. The first-order valence-corrected chi connectivity index (χ1v) is 11.7. The molecule has 34 heavy (non-hydrogen) atoms. The lowest BCUT2D eigenvalue weighted by atomic mass is 9.91. The molecule has 1 aromatic carbocycles. The van der Waals surface area contributed by atoms with E-state index < -0.39 is 54.6 Å². The van der Waals surface area contributed by atoms with E-state index in [1.54, 1.807) is 31.2 Å². The molecule has 0 aliphatic carbocycles. The number of rotatable bonds is 7. The van der Waals surface area contributed by atoms with Gasteiger partial charge in [0.1, 0.15) is 18.1 Å². The van der Waals surface area contributed by atoms with Gasteiger partial charge in [-0.15, -0.1) is 0 Å². The lowest BCUT2D eigenvalue weighted by Gasteiger charge is -2.40. The van der Waals surface area contributed by atoms with E-state index in [-0.39, 0.29) is 18.9 Å². The molecule has 3 N–H and O–H groups in total. The minimum absolute atomic E-state index is 0.0812. The monoisotopic (exact) mass is 495 g/mol. The summed E-state index contributed by atoms with van der Waals surface area (Å²) in [6, 6.07) is 5.38. The number of hydrogen-bond donors (Lipinski definition) is 3. The summed E-state index contributed by atoms with van der Waals surface area (Å²) in [6.45, 7) is 1.84. The number of nitriles is 1. The Morgan fingerprint density at radius 3 is 2.85 bits per heavy atom. The first-order valence-electron chi connectivity index (χ1n) is 11.3. The lowest BCUT2D eigenvalue weighted by Crippen LogP contribution is -2.59. The number of likely N-dealkylation sites (tertiary alicyclic amines) is 1. The Labute approximate surface area is 202 Å². The fourth-order valence-electron chi connectivity index (χ4n) is 4.33. The van der Waals surface area contributed by atoms with E-state index in [1.807, 2.05) is 6.07 Å². The number of anilines is 1. The molecule has 184 valence electrons. The Kier molecular flexibility index (Phi) is 8.31. The van der Waals surface area contributed by atoms with Gasteiger partial charge in [0.2, 0.25) is 17.7 Å². The van der Waals surface area contributed by atoms with Crippen molar-refractivity contribution in [3.63, 3.8) is 0 Å². The molecule has 2 aliphatic rings. The number of halogens is 3. The molecule has 0 saturated carbocycles. The maximum absolute atomic E-state index is 14.2. The number of nitrogens with zero attached hydrogens (tertiary/aromatic N) is 2. The van der Waals surface area contributed by atoms with Crippen molar-refractivity contribution in [2.45, 2.75) is 63.1 Å². The molecule has 2 fully saturated rings. The molecule has 8 nitrogen and oxygen atoms in total. The van der Waals surface area contributed by atoms with Crippen molar-refractivity contribution in [3.8, 4) is 6.07 Å². The van der Waals surface area contributed by atoms with Crippen LogP contribution in [0.5, 0.6) is 0 Å². The quantitative estimate of drug-likeness (QED) is 0.538. The van der Waals surface area contributed by atoms with Gasteiger partial charge in [-0.25, -0.2) is 8.78 Å². The second kappa shape index (κ2) is 11.0. The smallest absolute Gasteiger partial charge is 0.252 e. The van der Waals surface area contributed by atoms with Gasteiger partial charge in [-0.1, -0.05) is 17.7 Å². The van der Waals surface area contributed by atoms with E-state index in [9.17, 15) is 28.4 Å². The minimum Gasteiger partial charge on any atom is -0.374 e.